The average molecular weight is 404 g/mol. The van der Waals surface area contributed by atoms with Gasteiger partial charge in [0.15, 0.2) is 6.61 Å². The van der Waals surface area contributed by atoms with Crippen molar-refractivity contribution in [1.29, 1.82) is 0 Å². The van der Waals surface area contributed by atoms with Crippen molar-refractivity contribution in [2.45, 2.75) is 13.0 Å². The molecule has 0 spiro atoms. The zero-order chi connectivity index (χ0) is 19.4. The molecule has 0 radical (unpaired) electrons. The van der Waals surface area contributed by atoms with E-state index in [4.69, 9.17) is 23.2 Å². The Balaban J connectivity index is 1.96. The second-order valence-corrected chi connectivity index (χ2v) is 6.14. The van der Waals surface area contributed by atoms with Gasteiger partial charge in [0.05, 0.1) is 16.1 Å². The van der Waals surface area contributed by atoms with Crippen LogP contribution in [-0.4, -0.2) is 23.6 Å². The molecule has 2 N–H and O–H groups in total. The van der Waals surface area contributed by atoms with Crippen LogP contribution in [0.4, 0.5) is 8.78 Å². The van der Waals surface area contributed by atoms with Crippen LogP contribution in [-0.2, 0) is 9.53 Å². The Morgan fingerprint density at radius 1 is 1.19 bits per heavy atom. The van der Waals surface area contributed by atoms with Gasteiger partial charge >= 0.3 is 5.97 Å². The minimum Gasteiger partial charge on any atom is -0.507 e. The Morgan fingerprint density at radius 3 is 2.50 bits per heavy atom. The third kappa shape index (κ3) is 4.83. The smallest absolute Gasteiger partial charge is 0.345 e. The summed E-state index contributed by atoms with van der Waals surface area (Å²) in [4.78, 5) is 23.7. The molecule has 0 heterocycles. The zero-order valence-corrected chi connectivity index (χ0v) is 14.9. The van der Waals surface area contributed by atoms with Crippen LogP contribution >= 0.6 is 23.2 Å². The van der Waals surface area contributed by atoms with Crippen molar-refractivity contribution in [2.75, 3.05) is 6.61 Å². The third-order valence-electron chi connectivity index (χ3n) is 3.39. The Hall–Kier alpha value is -2.38. The molecule has 0 saturated heterocycles. The molecular formula is C17H13Cl2F2NO4. The summed E-state index contributed by atoms with van der Waals surface area (Å²) in [6, 6.07) is 5.33. The first-order valence-corrected chi connectivity index (χ1v) is 8.04. The minimum atomic E-state index is -1.29. The number of carbonyl (C=O) groups excluding carboxylic acids is 2. The van der Waals surface area contributed by atoms with Gasteiger partial charge in [0.2, 0.25) is 0 Å². The number of aromatic hydroxyl groups is 1. The molecule has 1 atom stereocenters. The highest BCUT2D eigenvalue weighted by Crippen LogP contribution is 2.26. The van der Waals surface area contributed by atoms with Gasteiger partial charge in [0, 0.05) is 12.1 Å². The molecular weight excluding hydrogens is 391 g/mol. The van der Waals surface area contributed by atoms with Crippen LogP contribution < -0.4 is 5.32 Å². The first-order valence-electron chi connectivity index (χ1n) is 7.28. The molecule has 0 bridgehead atoms. The Bertz CT molecular complexity index is 838. The van der Waals surface area contributed by atoms with E-state index in [2.05, 4.69) is 10.1 Å². The Morgan fingerprint density at radius 2 is 1.88 bits per heavy atom. The van der Waals surface area contributed by atoms with Gasteiger partial charge < -0.3 is 15.2 Å². The van der Waals surface area contributed by atoms with E-state index in [1.54, 1.807) is 25.1 Å². The number of hydrogen-bond acceptors (Lipinski definition) is 4. The van der Waals surface area contributed by atoms with Crippen molar-refractivity contribution in [2.24, 2.45) is 0 Å². The first kappa shape index (κ1) is 19.9. The number of halogens is 4. The number of hydrogen-bond donors (Lipinski definition) is 2. The highest BCUT2D eigenvalue weighted by molar-refractivity contribution is 6.42. The van der Waals surface area contributed by atoms with Crippen molar-refractivity contribution >= 4 is 35.1 Å². The van der Waals surface area contributed by atoms with E-state index in [9.17, 15) is 23.5 Å². The lowest BCUT2D eigenvalue weighted by atomic mass is 10.1. The fraction of sp³-hybridized carbons (Fsp3) is 0.176. The molecule has 5 nitrogen and oxygen atoms in total. The van der Waals surface area contributed by atoms with Crippen LogP contribution in [0.3, 0.4) is 0 Å². The van der Waals surface area contributed by atoms with Crippen LogP contribution in [0.5, 0.6) is 5.75 Å². The highest BCUT2D eigenvalue weighted by atomic mass is 35.5. The molecule has 0 aromatic heterocycles. The number of benzene rings is 2. The maximum absolute atomic E-state index is 13.6. The van der Waals surface area contributed by atoms with Gasteiger partial charge in [-0.3, -0.25) is 4.79 Å². The van der Waals surface area contributed by atoms with E-state index in [1.807, 2.05) is 0 Å². The molecule has 0 aliphatic carbocycles. The quantitative estimate of drug-likeness (QED) is 0.739. The van der Waals surface area contributed by atoms with Gasteiger partial charge in [-0.1, -0.05) is 29.3 Å². The van der Waals surface area contributed by atoms with Crippen LogP contribution in [0.2, 0.25) is 10.0 Å². The monoisotopic (exact) mass is 403 g/mol. The number of phenolic OH excluding ortho intramolecular Hbond substituents is 1. The molecule has 0 fully saturated rings. The predicted molar refractivity (Wildman–Crippen MR) is 91.3 cm³/mol. The van der Waals surface area contributed by atoms with Crippen molar-refractivity contribution in [3.8, 4) is 5.75 Å². The molecule has 0 aliphatic heterocycles. The second kappa shape index (κ2) is 8.33. The van der Waals surface area contributed by atoms with Crippen LogP contribution in [0.15, 0.2) is 30.3 Å². The van der Waals surface area contributed by atoms with Crippen LogP contribution in [0.25, 0.3) is 0 Å². The molecule has 0 saturated carbocycles. The van der Waals surface area contributed by atoms with E-state index in [1.165, 1.54) is 0 Å². The number of amides is 1. The van der Waals surface area contributed by atoms with E-state index < -0.39 is 47.5 Å². The van der Waals surface area contributed by atoms with Crippen molar-refractivity contribution in [3.05, 3.63) is 63.1 Å². The summed E-state index contributed by atoms with van der Waals surface area (Å²) in [5.41, 5.74) is -0.182. The maximum atomic E-state index is 13.6. The standard InChI is InChI=1S/C17H13Cl2F2NO4/c1-8(9-2-3-11(18)12(19)4-9)22-15(24)7-26-17(25)16-13(21)5-10(20)6-14(16)23/h2-6,8,23H,7H2,1H3,(H,22,24). The minimum absolute atomic E-state index is 0.318. The molecule has 9 heteroatoms. The molecule has 1 amide bonds. The number of rotatable bonds is 5. The summed E-state index contributed by atoms with van der Waals surface area (Å²) in [6.07, 6.45) is 0. The van der Waals surface area contributed by atoms with Gasteiger partial charge in [-0.15, -0.1) is 0 Å². The van der Waals surface area contributed by atoms with Gasteiger partial charge in [-0.2, -0.15) is 0 Å². The number of ether oxygens (including phenoxy) is 1. The van der Waals surface area contributed by atoms with E-state index in [0.717, 1.165) is 0 Å². The largest absolute Gasteiger partial charge is 0.507 e. The molecule has 26 heavy (non-hydrogen) atoms. The summed E-state index contributed by atoms with van der Waals surface area (Å²) in [5.74, 6) is -5.23. The van der Waals surface area contributed by atoms with Crippen molar-refractivity contribution in [1.82, 2.24) is 5.32 Å². The lowest BCUT2D eigenvalue weighted by Crippen LogP contribution is -2.31. The van der Waals surface area contributed by atoms with Crippen molar-refractivity contribution in [3.63, 3.8) is 0 Å². The zero-order valence-electron chi connectivity index (χ0n) is 13.4. The van der Waals surface area contributed by atoms with Gasteiger partial charge in [0.1, 0.15) is 22.9 Å². The third-order valence-corrected chi connectivity index (χ3v) is 4.13. The molecule has 138 valence electrons. The van der Waals surface area contributed by atoms with Crippen LogP contribution in [0.1, 0.15) is 28.9 Å². The summed E-state index contributed by atoms with van der Waals surface area (Å²) >= 11 is 11.7. The Labute approximate surface area is 157 Å². The van der Waals surface area contributed by atoms with E-state index >= 15 is 0 Å². The fourth-order valence-corrected chi connectivity index (χ4v) is 2.42. The molecule has 2 aromatic carbocycles. The Kier molecular flexibility index (Phi) is 6.39. The van der Waals surface area contributed by atoms with Gasteiger partial charge in [-0.25, -0.2) is 13.6 Å². The number of carbonyl (C=O) groups is 2. The second-order valence-electron chi connectivity index (χ2n) is 5.32. The molecule has 2 rings (SSSR count). The predicted octanol–water partition coefficient (Wildman–Crippen LogP) is 4.01. The summed E-state index contributed by atoms with van der Waals surface area (Å²) in [5, 5.41) is 12.7. The van der Waals surface area contributed by atoms with Crippen molar-refractivity contribution < 1.29 is 28.2 Å². The topological polar surface area (TPSA) is 75.6 Å². The molecule has 0 aliphatic rings. The highest BCUT2D eigenvalue weighted by Gasteiger charge is 2.21. The van der Waals surface area contributed by atoms with Crippen LogP contribution in [0, 0.1) is 11.6 Å². The summed E-state index contributed by atoms with van der Waals surface area (Å²) in [6.45, 7) is 0.950. The fourth-order valence-electron chi connectivity index (χ4n) is 2.11. The van der Waals surface area contributed by atoms with Gasteiger partial charge in [-0.05, 0) is 24.6 Å². The summed E-state index contributed by atoms with van der Waals surface area (Å²) < 4.78 is 31.1. The van der Waals surface area contributed by atoms with E-state index in [0.29, 0.717) is 27.7 Å². The summed E-state index contributed by atoms with van der Waals surface area (Å²) in [7, 11) is 0. The average Bonchev–Trinajstić information content (AvgIpc) is 2.54. The lowest BCUT2D eigenvalue weighted by Gasteiger charge is -2.15. The normalized spacial score (nSPS) is 11.7. The molecule has 2 aromatic rings. The molecule has 1 unspecified atom stereocenters. The first-order chi connectivity index (χ1) is 12.2. The van der Waals surface area contributed by atoms with Gasteiger partial charge in [0.25, 0.3) is 5.91 Å². The number of nitrogens with one attached hydrogen (secondary N) is 1. The lowest BCUT2D eigenvalue weighted by molar-refractivity contribution is -0.124. The van der Waals surface area contributed by atoms with E-state index in [-0.39, 0.29) is 0 Å². The maximum Gasteiger partial charge on any atom is 0.345 e. The SMILES string of the molecule is CC(NC(=O)COC(=O)c1c(O)cc(F)cc1F)c1ccc(Cl)c(Cl)c1. The number of phenols is 1. The number of esters is 1.